The molecule has 0 aromatic heterocycles. The van der Waals surface area contributed by atoms with Crippen LogP contribution in [0.3, 0.4) is 0 Å². The first-order valence-corrected chi connectivity index (χ1v) is 6.11. The number of hydrogen-bond donors (Lipinski definition) is 3. The van der Waals surface area contributed by atoms with E-state index in [0.29, 0.717) is 25.1 Å². The molecule has 6 heteroatoms. The third kappa shape index (κ3) is 5.42. The minimum absolute atomic E-state index is 0.109. The Hall–Kier alpha value is -1.46. The quantitative estimate of drug-likeness (QED) is 0.371. The topological polar surface area (TPSA) is 82.8 Å². The Labute approximate surface area is 103 Å². The van der Waals surface area contributed by atoms with Gasteiger partial charge < -0.3 is 21.3 Å². The molecule has 0 spiro atoms. The summed E-state index contributed by atoms with van der Waals surface area (Å²) in [6.07, 6.45) is 4.88. The largest absolute Gasteiger partial charge is 0.370 e. The van der Waals surface area contributed by atoms with Crippen molar-refractivity contribution in [3.63, 3.8) is 0 Å². The van der Waals surface area contributed by atoms with Gasteiger partial charge in [-0.3, -0.25) is 4.99 Å². The summed E-state index contributed by atoms with van der Waals surface area (Å²) >= 11 is 0. The zero-order valence-corrected chi connectivity index (χ0v) is 10.7. The molecule has 6 nitrogen and oxygen atoms in total. The molecule has 0 radical (unpaired) electrons. The summed E-state index contributed by atoms with van der Waals surface area (Å²) in [6, 6.07) is 0.373. The highest BCUT2D eigenvalue weighted by atomic mass is 16.2. The SMILES string of the molecule is CN(C)C(=O)NCCN=C(N)NC1CCCC1. The molecule has 98 valence electrons. The number of rotatable bonds is 4. The summed E-state index contributed by atoms with van der Waals surface area (Å²) < 4.78 is 0. The number of carbonyl (C=O) groups is 1. The normalized spacial score (nSPS) is 16.9. The van der Waals surface area contributed by atoms with Gasteiger partial charge in [-0.25, -0.2) is 4.79 Å². The van der Waals surface area contributed by atoms with Gasteiger partial charge in [0.05, 0.1) is 6.54 Å². The van der Waals surface area contributed by atoms with Crippen LogP contribution in [0.2, 0.25) is 0 Å². The van der Waals surface area contributed by atoms with Crippen molar-refractivity contribution in [3.05, 3.63) is 0 Å². The van der Waals surface area contributed by atoms with E-state index in [0.717, 1.165) is 0 Å². The highest BCUT2D eigenvalue weighted by Crippen LogP contribution is 2.17. The average molecular weight is 241 g/mol. The molecule has 1 saturated carbocycles. The summed E-state index contributed by atoms with van der Waals surface area (Å²) in [7, 11) is 3.41. The Balaban J connectivity index is 2.12. The highest BCUT2D eigenvalue weighted by molar-refractivity contribution is 5.78. The van der Waals surface area contributed by atoms with Gasteiger partial charge >= 0.3 is 6.03 Å². The Morgan fingerprint density at radius 1 is 1.41 bits per heavy atom. The summed E-state index contributed by atoms with van der Waals surface area (Å²) in [4.78, 5) is 16.8. The van der Waals surface area contributed by atoms with Crippen LogP contribution >= 0.6 is 0 Å². The van der Waals surface area contributed by atoms with Gasteiger partial charge in [0.2, 0.25) is 0 Å². The van der Waals surface area contributed by atoms with Gasteiger partial charge in [0, 0.05) is 26.7 Å². The molecular formula is C11H23N5O. The van der Waals surface area contributed by atoms with Gasteiger partial charge in [-0.05, 0) is 12.8 Å². The predicted octanol–water partition coefficient (Wildman–Crippen LogP) is 0.105. The first-order valence-electron chi connectivity index (χ1n) is 6.11. The predicted molar refractivity (Wildman–Crippen MR) is 69.0 cm³/mol. The van der Waals surface area contributed by atoms with Gasteiger partial charge in [-0.15, -0.1) is 0 Å². The lowest BCUT2D eigenvalue weighted by molar-refractivity contribution is 0.218. The highest BCUT2D eigenvalue weighted by Gasteiger charge is 2.14. The van der Waals surface area contributed by atoms with Gasteiger partial charge in [-0.1, -0.05) is 12.8 Å². The third-order valence-electron chi connectivity index (χ3n) is 2.78. The first-order chi connectivity index (χ1) is 8.09. The van der Waals surface area contributed by atoms with Gasteiger partial charge in [-0.2, -0.15) is 0 Å². The fourth-order valence-corrected chi connectivity index (χ4v) is 1.82. The zero-order chi connectivity index (χ0) is 12.7. The number of aliphatic imine (C=N–C) groups is 1. The molecule has 0 unspecified atom stereocenters. The van der Waals surface area contributed by atoms with Crippen LogP contribution < -0.4 is 16.4 Å². The van der Waals surface area contributed by atoms with Gasteiger partial charge in [0.1, 0.15) is 0 Å². The number of urea groups is 1. The van der Waals surface area contributed by atoms with E-state index in [-0.39, 0.29) is 6.03 Å². The molecular weight excluding hydrogens is 218 g/mol. The molecule has 0 aromatic carbocycles. The van der Waals surface area contributed by atoms with E-state index in [9.17, 15) is 4.79 Å². The first kappa shape index (κ1) is 13.6. The van der Waals surface area contributed by atoms with Crippen LogP contribution in [0.4, 0.5) is 4.79 Å². The van der Waals surface area contributed by atoms with Crippen molar-refractivity contribution in [2.75, 3.05) is 27.2 Å². The van der Waals surface area contributed by atoms with Crippen LogP contribution in [-0.4, -0.2) is 50.1 Å². The van der Waals surface area contributed by atoms with Crippen LogP contribution in [0, 0.1) is 0 Å². The van der Waals surface area contributed by atoms with Crippen LogP contribution in [0.25, 0.3) is 0 Å². The molecule has 0 atom stereocenters. The maximum absolute atomic E-state index is 11.2. The lowest BCUT2D eigenvalue weighted by atomic mass is 10.2. The lowest BCUT2D eigenvalue weighted by Gasteiger charge is -2.13. The number of guanidine groups is 1. The summed E-state index contributed by atoms with van der Waals surface area (Å²) in [6.45, 7) is 1.01. The molecule has 0 saturated heterocycles. The average Bonchev–Trinajstić information content (AvgIpc) is 2.76. The van der Waals surface area contributed by atoms with Gasteiger partial charge in [0.25, 0.3) is 0 Å². The summed E-state index contributed by atoms with van der Waals surface area (Å²) in [5, 5.41) is 5.92. The molecule has 0 bridgehead atoms. The van der Waals surface area contributed by atoms with Crippen LogP contribution in [0.1, 0.15) is 25.7 Å². The van der Waals surface area contributed by atoms with E-state index >= 15 is 0 Å². The number of amides is 2. The minimum atomic E-state index is -0.109. The molecule has 4 N–H and O–H groups in total. The molecule has 0 heterocycles. The van der Waals surface area contributed by atoms with Crippen molar-refractivity contribution < 1.29 is 4.79 Å². The van der Waals surface area contributed by atoms with E-state index in [2.05, 4.69) is 15.6 Å². The van der Waals surface area contributed by atoms with Crippen molar-refractivity contribution in [3.8, 4) is 0 Å². The van der Waals surface area contributed by atoms with Crippen LogP contribution in [0.5, 0.6) is 0 Å². The zero-order valence-electron chi connectivity index (χ0n) is 10.7. The van der Waals surface area contributed by atoms with E-state index in [4.69, 9.17) is 5.73 Å². The molecule has 2 amide bonds. The second kappa shape index (κ2) is 6.98. The molecule has 0 aromatic rings. The van der Waals surface area contributed by atoms with E-state index in [1.807, 2.05) is 0 Å². The molecule has 1 aliphatic carbocycles. The monoisotopic (exact) mass is 241 g/mol. The number of nitrogens with zero attached hydrogens (tertiary/aromatic N) is 2. The molecule has 1 aliphatic rings. The Morgan fingerprint density at radius 2 is 2.06 bits per heavy atom. The van der Waals surface area contributed by atoms with E-state index < -0.39 is 0 Å². The second-order valence-electron chi connectivity index (χ2n) is 4.52. The summed E-state index contributed by atoms with van der Waals surface area (Å²) in [5.41, 5.74) is 5.75. The Morgan fingerprint density at radius 3 is 2.65 bits per heavy atom. The molecule has 1 rings (SSSR count). The molecule has 1 fully saturated rings. The molecule has 0 aliphatic heterocycles. The van der Waals surface area contributed by atoms with Crippen molar-refractivity contribution in [1.82, 2.24) is 15.5 Å². The Kier molecular flexibility index (Phi) is 5.59. The number of hydrogen-bond acceptors (Lipinski definition) is 2. The lowest BCUT2D eigenvalue weighted by Crippen LogP contribution is -2.39. The number of carbonyl (C=O) groups excluding carboxylic acids is 1. The standard InChI is InChI=1S/C11H23N5O/c1-16(2)11(17)14-8-7-13-10(12)15-9-5-3-4-6-9/h9H,3-8H2,1-2H3,(H,14,17)(H3,12,13,15). The minimum Gasteiger partial charge on any atom is -0.370 e. The maximum Gasteiger partial charge on any atom is 0.316 e. The van der Waals surface area contributed by atoms with Crippen LogP contribution in [0.15, 0.2) is 4.99 Å². The fraction of sp³-hybridized carbons (Fsp3) is 0.818. The Bertz CT molecular complexity index is 271. The molecule has 17 heavy (non-hydrogen) atoms. The van der Waals surface area contributed by atoms with E-state index in [1.165, 1.54) is 30.6 Å². The van der Waals surface area contributed by atoms with Crippen molar-refractivity contribution in [1.29, 1.82) is 0 Å². The maximum atomic E-state index is 11.2. The van der Waals surface area contributed by atoms with Crippen molar-refractivity contribution >= 4 is 12.0 Å². The number of nitrogens with one attached hydrogen (secondary N) is 2. The summed E-state index contributed by atoms with van der Waals surface area (Å²) in [5.74, 6) is 0.482. The number of nitrogens with two attached hydrogens (primary N) is 1. The van der Waals surface area contributed by atoms with Crippen molar-refractivity contribution in [2.45, 2.75) is 31.7 Å². The van der Waals surface area contributed by atoms with Crippen LogP contribution in [-0.2, 0) is 0 Å². The van der Waals surface area contributed by atoms with E-state index in [1.54, 1.807) is 14.1 Å². The second-order valence-corrected chi connectivity index (χ2v) is 4.52. The van der Waals surface area contributed by atoms with Gasteiger partial charge in [0.15, 0.2) is 5.96 Å². The van der Waals surface area contributed by atoms with Crippen molar-refractivity contribution in [2.24, 2.45) is 10.7 Å². The smallest absolute Gasteiger partial charge is 0.316 e. The third-order valence-corrected chi connectivity index (χ3v) is 2.78. The fourth-order valence-electron chi connectivity index (χ4n) is 1.82.